The summed E-state index contributed by atoms with van der Waals surface area (Å²) in [5.74, 6) is 5.35. The minimum absolute atomic E-state index is 0.979. The molecule has 92 valence electrons. The number of hydrogen-bond donors (Lipinski definition) is 2. The van der Waals surface area contributed by atoms with Crippen molar-refractivity contribution in [3.8, 4) is 0 Å². The van der Waals surface area contributed by atoms with Crippen molar-refractivity contribution >= 4 is 0 Å². The number of nitrogens with one attached hydrogen (secondary N) is 1. The Morgan fingerprint density at radius 2 is 1.40 bits per heavy atom. The molecular formula is C12H29N3. The van der Waals surface area contributed by atoms with Crippen LogP contribution >= 0.6 is 0 Å². The molecule has 0 saturated carbocycles. The van der Waals surface area contributed by atoms with Gasteiger partial charge in [0.2, 0.25) is 0 Å². The van der Waals surface area contributed by atoms with Crippen LogP contribution in [0.3, 0.4) is 0 Å². The molecule has 0 aromatic heterocycles. The minimum atomic E-state index is 0.979. The fraction of sp³-hybridized carbons (Fsp3) is 1.00. The van der Waals surface area contributed by atoms with E-state index >= 15 is 0 Å². The van der Waals surface area contributed by atoms with Crippen LogP contribution in [0.4, 0.5) is 0 Å². The zero-order valence-corrected chi connectivity index (χ0v) is 10.6. The fourth-order valence-corrected chi connectivity index (χ4v) is 1.75. The van der Waals surface area contributed by atoms with E-state index in [0.717, 1.165) is 13.1 Å². The molecule has 0 bridgehead atoms. The average molecular weight is 215 g/mol. The highest BCUT2D eigenvalue weighted by Crippen LogP contribution is 2.08. The van der Waals surface area contributed by atoms with E-state index in [0.29, 0.717) is 0 Å². The lowest BCUT2D eigenvalue weighted by Gasteiger charge is -2.17. The number of unbranched alkanes of at least 4 members (excludes halogenated alkanes) is 7. The SMILES string of the molecule is CCCCCCCCCCN(CC)NN. The summed E-state index contributed by atoms with van der Waals surface area (Å²) in [6.45, 7) is 6.43. The van der Waals surface area contributed by atoms with E-state index < -0.39 is 0 Å². The molecule has 0 unspecified atom stereocenters. The molecular weight excluding hydrogens is 186 g/mol. The van der Waals surface area contributed by atoms with E-state index in [1.54, 1.807) is 0 Å². The summed E-state index contributed by atoms with van der Waals surface area (Å²) in [5, 5.41) is 2.05. The standard InChI is InChI=1S/C12H29N3/c1-3-5-6-7-8-9-10-11-12-15(4-2)14-13/h14H,3-13H2,1-2H3. The van der Waals surface area contributed by atoms with Gasteiger partial charge in [0.25, 0.3) is 0 Å². The molecule has 0 aliphatic heterocycles. The maximum atomic E-state index is 5.35. The Hall–Kier alpha value is -0.120. The van der Waals surface area contributed by atoms with Crippen molar-refractivity contribution in [3.05, 3.63) is 0 Å². The molecule has 0 spiro atoms. The molecule has 3 nitrogen and oxygen atoms in total. The van der Waals surface area contributed by atoms with Gasteiger partial charge in [-0.3, -0.25) is 5.84 Å². The summed E-state index contributed by atoms with van der Waals surface area (Å²) in [6.07, 6.45) is 11.0. The van der Waals surface area contributed by atoms with Crippen LogP contribution in [0, 0.1) is 0 Å². The van der Waals surface area contributed by atoms with E-state index in [9.17, 15) is 0 Å². The predicted molar refractivity (Wildman–Crippen MR) is 67.2 cm³/mol. The van der Waals surface area contributed by atoms with Crippen LogP contribution in [0.15, 0.2) is 0 Å². The number of rotatable bonds is 11. The van der Waals surface area contributed by atoms with Gasteiger partial charge in [0.05, 0.1) is 0 Å². The maximum Gasteiger partial charge on any atom is 0.0144 e. The normalized spacial score (nSPS) is 11.2. The van der Waals surface area contributed by atoms with Crippen molar-refractivity contribution in [2.75, 3.05) is 13.1 Å². The number of nitrogens with two attached hydrogens (primary N) is 1. The molecule has 15 heavy (non-hydrogen) atoms. The molecule has 0 amide bonds. The van der Waals surface area contributed by atoms with Crippen molar-refractivity contribution in [3.63, 3.8) is 0 Å². The number of hydrogen-bond acceptors (Lipinski definition) is 3. The van der Waals surface area contributed by atoms with E-state index in [1.807, 2.05) is 0 Å². The molecule has 0 aromatic rings. The van der Waals surface area contributed by atoms with Crippen LogP contribution in [-0.4, -0.2) is 18.1 Å². The van der Waals surface area contributed by atoms with E-state index in [1.165, 1.54) is 51.4 Å². The van der Waals surface area contributed by atoms with Crippen molar-refractivity contribution in [1.29, 1.82) is 0 Å². The van der Waals surface area contributed by atoms with Crippen LogP contribution < -0.4 is 11.4 Å². The first-order valence-corrected chi connectivity index (χ1v) is 6.56. The van der Waals surface area contributed by atoms with Gasteiger partial charge in [-0.15, -0.1) is 0 Å². The molecule has 0 aliphatic carbocycles. The van der Waals surface area contributed by atoms with Gasteiger partial charge in [-0.1, -0.05) is 58.8 Å². The molecule has 0 radical (unpaired) electrons. The number of nitrogens with zero attached hydrogens (tertiary/aromatic N) is 1. The lowest BCUT2D eigenvalue weighted by atomic mass is 10.1. The van der Waals surface area contributed by atoms with Gasteiger partial charge in [0.1, 0.15) is 0 Å². The summed E-state index contributed by atoms with van der Waals surface area (Å²) in [4.78, 5) is 0. The molecule has 0 aromatic carbocycles. The van der Waals surface area contributed by atoms with Gasteiger partial charge in [-0.2, -0.15) is 5.53 Å². The summed E-state index contributed by atoms with van der Waals surface area (Å²) >= 11 is 0. The second kappa shape index (κ2) is 12.0. The molecule has 3 N–H and O–H groups in total. The third-order valence-electron chi connectivity index (χ3n) is 2.85. The average Bonchev–Trinajstić information content (AvgIpc) is 2.27. The Morgan fingerprint density at radius 3 is 1.87 bits per heavy atom. The second-order valence-electron chi connectivity index (χ2n) is 4.18. The summed E-state index contributed by atoms with van der Waals surface area (Å²) in [6, 6.07) is 0. The molecule has 0 fully saturated rings. The summed E-state index contributed by atoms with van der Waals surface area (Å²) in [7, 11) is 0. The summed E-state index contributed by atoms with van der Waals surface area (Å²) in [5.41, 5.74) is 2.70. The second-order valence-corrected chi connectivity index (χ2v) is 4.18. The van der Waals surface area contributed by atoms with Crippen LogP contribution in [0.2, 0.25) is 0 Å². The first-order chi connectivity index (χ1) is 7.35. The highest BCUT2D eigenvalue weighted by atomic mass is 15.6. The predicted octanol–water partition coefficient (Wildman–Crippen LogP) is 2.83. The largest absolute Gasteiger partial charge is 0.258 e. The third-order valence-corrected chi connectivity index (χ3v) is 2.85. The Labute approximate surface area is 95.3 Å². The van der Waals surface area contributed by atoms with E-state index in [4.69, 9.17) is 5.84 Å². The molecule has 0 saturated heterocycles. The van der Waals surface area contributed by atoms with Crippen molar-refractivity contribution in [1.82, 2.24) is 10.5 Å². The third kappa shape index (κ3) is 10.2. The van der Waals surface area contributed by atoms with Crippen LogP contribution in [-0.2, 0) is 0 Å². The molecule has 3 heteroatoms. The van der Waals surface area contributed by atoms with Gasteiger partial charge < -0.3 is 0 Å². The summed E-state index contributed by atoms with van der Waals surface area (Å²) < 4.78 is 0. The fourth-order valence-electron chi connectivity index (χ4n) is 1.75. The van der Waals surface area contributed by atoms with Crippen LogP contribution in [0.25, 0.3) is 0 Å². The van der Waals surface area contributed by atoms with Gasteiger partial charge in [0, 0.05) is 13.1 Å². The highest BCUT2D eigenvalue weighted by molar-refractivity contribution is 4.49. The van der Waals surface area contributed by atoms with Gasteiger partial charge in [-0.05, 0) is 6.42 Å². The van der Waals surface area contributed by atoms with E-state index in [2.05, 4.69) is 24.4 Å². The van der Waals surface area contributed by atoms with Gasteiger partial charge in [0.15, 0.2) is 0 Å². The Morgan fingerprint density at radius 1 is 0.867 bits per heavy atom. The maximum absolute atomic E-state index is 5.35. The zero-order valence-electron chi connectivity index (χ0n) is 10.6. The van der Waals surface area contributed by atoms with Crippen LogP contribution in [0.5, 0.6) is 0 Å². The first kappa shape index (κ1) is 14.9. The molecule has 0 rings (SSSR count). The van der Waals surface area contributed by atoms with Crippen LogP contribution in [0.1, 0.15) is 65.2 Å². The van der Waals surface area contributed by atoms with Crippen molar-refractivity contribution in [2.45, 2.75) is 65.2 Å². The Bertz CT molecular complexity index is 113. The quantitative estimate of drug-likeness (QED) is 0.316. The van der Waals surface area contributed by atoms with Gasteiger partial charge >= 0.3 is 0 Å². The Kier molecular flexibility index (Phi) is 11.9. The smallest absolute Gasteiger partial charge is 0.0144 e. The molecule has 0 atom stereocenters. The highest BCUT2D eigenvalue weighted by Gasteiger charge is 1.97. The van der Waals surface area contributed by atoms with Gasteiger partial charge in [-0.25, -0.2) is 5.01 Å². The van der Waals surface area contributed by atoms with E-state index in [-0.39, 0.29) is 0 Å². The van der Waals surface area contributed by atoms with Crippen molar-refractivity contribution < 1.29 is 0 Å². The Balaban J connectivity index is 3.04. The number of hydrazine groups is 2. The monoisotopic (exact) mass is 215 g/mol. The zero-order chi connectivity index (χ0) is 11.4. The topological polar surface area (TPSA) is 41.3 Å². The minimum Gasteiger partial charge on any atom is -0.258 e. The lowest BCUT2D eigenvalue weighted by molar-refractivity contribution is 0.196. The lowest BCUT2D eigenvalue weighted by Crippen LogP contribution is -2.43. The van der Waals surface area contributed by atoms with Crippen molar-refractivity contribution in [2.24, 2.45) is 5.84 Å². The molecule has 0 aliphatic rings. The molecule has 0 heterocycles. The first-order valence-electron chi connectivity index (χ1n) is 6.56.